The normalized spacial score (nSPS) is 15.1. The van der Waals surface area contributed by atoms with Gasteiger partial charge in [-0.1, -0.05) is 116 Å². The van der Waals surface area contributed by atoms with Gasteiger partial charge in [0.2, 0.25) is 0 Å². The quantitative estimate of drug-likeness (QED) is 0.0585. The molecule has 0 aliphatic carbocycles. The highest BCUT2D eigenvalue weighted by Crippen LogP contribution is 2.51. The molecule has 0 heterocycles. The highest BCUT2D eigenvalue weighted by molar-refractivity contribution is 7.53. The number of quaternary nitrogens is 1. The van der Waals surface area contributed by atoms with E-state index < -0.39 is 7.60 Å². The SMILES string of the molecule is CCCCCCCCCCCCCCCC/C=C\CCCCCOP(=O)(O)C(CC)[N+](C)(C)C. The van der Waals surface area contributed by atoms with Crippen molar-refractivity contribution in [3.05, 3.63) is 12.2 Å². The van der Waals surface area contributed by atoms with Crippen LogP contribution in [0.15, 0.2) is 12.2 Å². The van der Waals surface area contributed by atoms with Crippen molar-refractivity contribution in [3.63, 3.8) is 0 Å². The fourth-order valence-electron chi connectivity index (χ4n) is 4.73. The Kier molecular flexibility index (Phi) is 22.0. The fourth-order valence-corrected chi connectivity index (χ4v) is 6.63. The Balaban J connectivity index is 3.43. The summed E-state index contributed by atoms with van der Waals surface area (Å²) in [6, 6.07) is 0. The molecule has 0 bridgehead atoms. The van der Waals surface area contributed by atoms with E-state index in [1.54, 1.807) is 0 Å². The zero-order chi connectivity index (χ0) is 25.5. The van der Waals surface area contributed by atoms with Crippen molar-refractivity contribution < 1.29 is 18.5 Å². The van der Waals surface area contributed by atoms with Crippen LogP contribution in [-0.2, 0) is 9.09 Å². The maximum absolute atomic E-state index is 12.5. The molecule has 34 heavy (non-hydrogen) atoms. The third-order valence-electron chi connectivity index (χ3n) is 6.82. The van der Waals surface area contributed by atoms with E-state index in [-0.39, 0.29) is 5.78 Å². The van der Waals surface area contributed by atoms with Crippen LogP contribution in [0.4, 0.5) is 0 Å². The minimum Gasteiger partial charge on any atom is -0.320 e. The van der Waals surface area contributed by atoms with Gasteiger partial charge in [0.25, 0.3) is 0 Å². The average molecular weight is 503 g/mol. The smallest absolute Gasteiger partial charge is 0.320 e. The summed E-state index contributed by atoms with van der Waals surface area (Å²) in [5.41, 5.74) is 0. The van der Waals surface area contributed by atoms with Crippen molar-refractivity contribution >= 4 is 7.60 Å². The predicted molar refractivity (Wildman–Crippen MR) is 150 cm³/mol. The van der Waals surface area contributed by atoms with Crippen molar-refractivity contribution in [1.29, 1.82) is 0 Å². The number of hydrogen-bond acceptors (Lipinski definition) is 2. The highest BCUT2D eigenvalue weighted by Gasteiger charge is 2.41. The molecule has 204 valence electrons. The van der Waals surface area contributed by atoms with Gasteiger partial charge in [0.1, 0.15) is 0 Å². The minimum atomic E-state index is -3.56. The number of rotatable bonds is 25. The van der Waals surface area contributed by atoms with Gasteiger partial charge in [-0.15, -0.1) is 0 Å². The molecule has 0 aromatic carbocycles. The Morgan fingerprint density at radius 2 is 1.06 bits per heavy atom. The highest BCUT2D eigenvalue weighted by atomic mass is 31.2. The summed E-state index contributed by atoms with van der Waals surface area (Å²) < 4.78 is 18.4. The summed E-state index contributed by atoms with van der Waals surface area (Å²) >= 11 is 0. The van der Waals surface area contributed by atoms with Gasteiger partial charge in [0.15, 0.2) is 5.78 Å². The first kappa shape index (κ1) is 33.8. The van der Waals surface area contributed by atoms with Gasteiger partial charge >= 0.3 is 7.60 Å². The zero-order valence-electron chi connectivity index (χ0n) is 23.7. The zero-order valence-corrected chi connectivity index (χ0v) is 24.6. The van der Waals surface area contributed by atoms with Gasteiger partial charge in [0, 0.05) is 6.42 Å². The van der Waals surface area contributed by atoms with Gasteiger partial charge in [-0.2, -0.15) is 0 Å². The summed E-state index contributed by atoms with van der Waals surface area (Å²) in [4.78, 5) is 10.3. The fraction of sp³-hybridized carbons (Fsp3) is 0.931. The van der Waals surface area contributed by atoms with Crippen molar-refractivity contribution in [1.82, 2.24) is 0 Å². The molecule has 0 spiro atoms. The Morgan fingerprint density at radius 1 is 0.676 bits per heavy atom. The van der Waals surface area contributed by atoms with Crippen LogP contribution in [0.3, 0.4) is 0 Å². The minimum absolute atomic E-state index is 0.356. The molecule has 0 aromatic rings. The Hall–Kier alpha value is -0.150. The first-order valence-corrected chi connectivity index (χ1v) is 16.3. The van der Waals surface area contributed by atoms with E-state index in [0.717, 1.165) is 25.7 Å². The molecule has 0 aliphatic rings. The molecule has 0 rings (SSSR count). The van der Waals surface area contributed by atoms with Crippen molar-refractivity contribution in [3.8, 4) is 0 Å². The van der Waals surface area contributed by atoms with Crippen LogP contribution in [0.25, 0.3) is 0 Å². The van der Waals surface area contributed by atoms with Crippen molar-refractivity contribution in [2.24, 2.45) is 0 Å². The molecule has 5 heteroatoms. The van der Waals surface area contributed by atoms with E-state index in [0.29, 0.717) is 17.5 Å². The van der Waals surface area contributed by atoms with Gasteiger partial charge < -0.3 is 13.9 Å². The molecule has 0 fully saturated rings. The summed E-state index contributed by atoms with van der Waals surface area (Å²) in [7, 11) is 2.29. The van der Waals surface area contributed by atoms with Crippen LogP contribution in [-0.4, -0.2) is 42.9 Å². The summed E-state index contributed by atoms with van der Waals surface area (Å²) in [5.74, 6) is -0.356. The largest absolute Gasteiger partial charge is 0.385 e. The standard InChI is InChI=1S/C29H60NO3P/c1-6-8-9-10-11-12-13-14-15-16-17-18-19-20-21-22-23-24-25-26-27-28-33-34(31,32)29(7-2)30(3,4)5/h22-23,29H,6-21,24-28H2,1-5H3/p+1/b23-22-. The molecular formula is C29H61NO3P+. The molecular weight excluding hydrogens is 441 g/mol. The lowest BCUT2D eigenvalue weighted by atomic mass is 10.0. The van der Waals surface area contributed by atoms with E-state index >= 15 is 0 Å². The second kappa shape index (κ2) is 22.1. The number of nitrogens with zero attached hydrogens (tertiary/aromatic N) is 1. The Bertz CT molecular complexity index is 516. The molecule has 4 nitrogen and oxygen atoms in total. The topological polar surface area (TPSA) is 46.5 Å². The monoisotopic (exact) mass is 502 g/mol. The van der Waals surface area contributed by atoms with Crippen LogP contribution < -0.4 is 0 Å². The molecule has 0 aromatic heterocycles. The van der Waals surface area contributed by atoms with Crippen LogP contribution in [0.2, 0.25) is 0 Å². The average Bonchev–Trinajstić information content (AvgIpc) is 2.76. The first-order valence-electron chi connectivity index (χ1n) is 14.7. The number of hydrogen-bond donors (Lipinski definition) is 1. The van der Waals surface area contributed by atoms with E-state index in [1.807, 2.05) is 28.1 Å². The molecule has 2 atom stereocenters. The van der Waals surface area contributed by atoms with Gasteiger partial charge in [-0.3, -0.25) is 4.57 Å². The lowest BCUT2D eigenvalue weighted by molar-refractivity contribution is -0.883. The third-order valence-corrected chi connectivity index (χ3v) is 9.18. The molecule has 0 saturated carbocycles. The van der Waals surface area contributed by atoms with E-state index in [9.17, 15) is 9.46 Å². The van der Waals surface area contributed by atoms with Crippen LogP contribution in [0.5, 0.6) is 0 Å². The van der Waals surface area contributed by atoms with E-state index in [2.05, 4.69) is 19.1 Å². The summed E-state index contributed by atoms with van der Waals surface area (Å²) in [6.45, 7) is 4.62. The lowest BCUT2D eigenvalue weighted by Crippen LogP contribution is -2.44. The molecule has 1 N–H and O–H groups in total. The second-order valence-corrected chi connectivity index (χ2v) is 13.1. The van der Waals surface area contributed by atoms with E-state index in [4.69, 9.17) is 4.52 Å². The molecule has 0 aliphatic heterocycles. The van der Waals surface area contributed by atoms with Gasteiger partial charge in [-0.05, 0) is 32.1 Å². The van der Waals surface area contributed by atoms with Crippen molar-refractivity contribution in [2.75, 3.05) is 27.7 Å². The molecule has 2 unspecified atom stereocenters. The van der Waals surface area contributed by atoms with Gasteiger partial charge in [-0.25, -0.2) is 0 Å². The third kappa shape index (κ3) is 20.1. The van der Waals surface area contributed by atoms with Crippen LogP contribution in [0.1, 0.15) is 142 Å². The van der Waals surface area contributed by atoms with E-state index in [1.165, 1.54) is 96.3 Å². The molecule has 0 amide bonds. The maximum atomic E-state index is 12.5. The van der Waals surface area contributed by atoms with Crippen LogP contribution in [0, 0.1) is 0 Å². The summed E-state index contributed by atoms with van der Waals surface area (Å²) in [5, 5.41) is 0. The molecule has 0 radical (unpaired) electrons. The Labute approximate surface area is 214 Å². The van der Waals surface area contributed by atoms with Gasteiger partial charge in [0.05, 0.1) is 27.7 Å². The predicted octanol–water partition coefficient (Wildman–Crippen LogP) is 9.62. The molecule has 0 saturated heterocycles. The lowest BCUT2D eigenvalue weighted by Gasteiger charge is -2.35. The first-order chi connectivity index (χ1) is 16.3. The van der Waals surface area contributed by atoms with Crippen molar-refractivity contribution in [2.45, 2.75) is 148 Å². The maximum Gasteiger partial charge on any atom is 0.385 e. The summed E-state index contributed by atoms with van der Waals surface area (Å²) in [6.07, 6.45) is 30.4. The number of allylic oxidation sites excluding steroid dienone is 2. The van der Waals surface area contributed by atoms with Crippen LogP contribution >= 0.6 is 7.60 Å². The Morgan fingerprint density at radius 3 is 1.44 bits per heavy atom. The number of unbranched alkanes of at least 4 members (excludes halogenated alkanes) is 17. The second-order valence-electron chi connectivity index (χ2n) is 11.1.